The zero-order valence-corrected chi connectivity index (χ0v) is 39.1. The first-order valence-electron chi connectivity index (χ1n) is 23.0. The van der Waals surface area contributed by atoms with Crippen LogP contribution in [0.3, 0.4) is 0 Å². The molecule has 1 unspecified atom stereocenters. The lowest BCUT2D eigenvalue weighted by Gasteiger charge is -2.31. The van der Waals surface area contributed by atoms with Crippen molar-refractivity contribution in [3.8, 4) is 45.3 Å². The van der Waals surface area contributed by atoms with Crippen molar-refractivity contribution in [2.75, 3.05) is 34.4 Å². The van der Waals surface area contributed by atoms with Crippen molar-refractivity contribution in [2.45, 2.75) is 83.8 Å². The molecule has 17 nitrogen and oxygen atoms in total. The van der Waals surface area contributed by atoms with Gasteiger partial charge < -0.3 is 53.9 Å². The van der Waals surface area contributed by atoms with Crippen LogP contribution in [-0.4, -0.2) is 105 Å². The SMILES string of the molecule is COC(=O)N[C@H](C(=O)N1CCC[C@H]1c1ncc(-c2ccc3c(c2)OC(c2cc(F)ccc2OC)n2c-3cc3cc(-c4cnc([C@@H]5CCCN5C(=O)[C@@H](NC(=O)OC)C(C)C)[nH]4)ccc32)[nH]1)C(C)C. The van der Waals surface area contributed by atoms with E-state index in [9.17, 15) is 19.2 Å². The van der Waals surface area contributed by atoms with Crippen molar-refractivity contribution in [2.24, 2.45) is 11.8 Å². The maximum Gasteiger partial charge on any atom is 0.407 e. The Balaban J connectivity index is 1.03. The number of halogens is 1. The third kappa shape index (κ3) is 8.47. The van der Waals surface area contributed by atoms with E-state index < -0.39 is 36.3 Å². The minimum absolute atomic E-state index is 0.155. The van der Waals surface area contributed by atoms with E-state index in [1.165, 1.54) is 26.4 Å². The van der Waals surface area contributed by atoms with Gasteiger partial charge in [0.15, 0.2) is 0 Å². The maximum atomic E-state index is 15.1. The van der Waals surface area contributed by atoms with Crippen LogP contribution in [-0.2, 0) is 19.1 Å². The lowest BCUT2D eigenvalue weighted by Crippen LogP contribution is -2.51. The molecule has 3 aliphatic heterocycles. The van der Waals surface area contributed by atoms with Crippen molar-refractivity contribution in [1.29, 1.82) is 0 Å². The number of carbonyl (C=O) groups is 4. The Labute approximate surface area is 392 Å². The van der Waals surface area contributed by atoms with Crippen molar-refractivity contribution in [1.82, 2.24) is 44.9 Å². The van der Waals surface area contributed by atoms with Crippen LogP contribution in [0.5, 0.6) is 11.5 Å². The summed E-state index contributed by atoms with van der Waals surface area (Å²) in [5, 5.41) is 6.30. The molecule has 5 atom stereocenters. The molecule has 0 radical (unpaired) electrons. The average Bonchev–Trinajstić information content (AvgIpc) is 4.20. The zero-order valence-electron chi connectivity index (χ0n) is 39.1. The zero-order chi connectivity index (χ0) is 48.0. The van der Waals surface area contributed by atoms with Crippen molar-refractivity contribution in [3.05, 3.63) is 96.1 Å². The molecule has 356 valence electrons. The number of benzene rings is 3. The predicted octanol–water partition coefficient (Wildman–Crippen LogP) is 8.26. The molecular weight excluding hydrogens is 874 g/mol. The number of aromatic amines is 2. The van der Waals surface area contributed by atoms with E-state index in [1.54, 1.807) is 35.4 Å². The molecule has 2 fully saturated rings. The second-order valence-electron chi connectivity index (χ2n) is 18.2. The van der Waals surface area contributed by atoms with Crippen LogP contribution in [0.4, 0.5) is 14.0 Å². The summed E-state index contributed by atoms with van der Waals surface area (Å²) in [5.41, 5.74) is 6.15. The predicted molar refractivity (Wildman–Crippen MR) is 250 cm³/mol. The fraction of sp³-hybridized carbons (Fsp3) is 0.400. The smallest absolute Gasteiger partial charge is 0.407 e. The Bertz CT molecular complexity index is 2890. The largest absolute Gasteiger partial charge is 0.496 e. The highest BCUT2D eigenvalue weighted by Gasteiger charge is 2.40. The van der Waals surface area contributed by atoms with Gasteiger partial charge in [0.25, 0.3) is 0 Å². The molecule has 0 bridgehead atoms. The summed E-state index contributed by atoms with van der Waals surface area (Å²) in [5.74, 6) is 1.18. The maximum absolute atomic E-state index is 15.1. The molecule has 18 heteroatoms. The molecule has 3 aromatic carbocycles. The van der Waals surface area contributed by atoms with Crippen molar-refractivity contribution < 1.29 is 42.5 Å². The molecule has 9 rings (SSSR count). The van der Waals surface area contributed by atoms with Gasteiger partial charge in [-0.3, -0.25) is 9.59 Å². The van der Waals surface area contributed by atoms with Crippen LogP contribution in [0.25, 0.3) is 44.7 Å². The number of aromatic nitrogens is 5. The second-order valence-corrected chi connectivity index (χ2v) is 18.2. The normalized spacial score (nSPS) is 18.5. The Morgan fingerprint density at radius 1 is 0.735 bits per heavy atom. The topological polar surface area (TPSA) is 198 Å². The first kappa shape index (κ1) is 45.8. The first-order valence-corrected chi connectivity index (χ1v) is 23.0. The fourth-order valence-corrected chi connectivity index (χ4v) is 9.83. The number of alkyl carbamates (subject to hydrolysis) is 2. The van der Waals surface area contributed by atoms with Gasteiger partial charge in [-0.2, -0.15) is 0 Å². The van der Waals surface area contributed by atoms with Gasteiger partial charge in [-0.15, -0.1) is 0 Å². The summed E-state index contributed by atoms with van der Waals surface area (Å²) in [6.45, 7) is 8.60. The van der Waals surface area contributed by atoms with Gasteiger partial charge >= 0.3 is 12.2 Å². The molecule has 0 aliphatic carbocycles. The first-order chi connectivity index (χ1) is 32.8. The number of nitrogens with one attached hydrogen (secondary N) is 4. The number of hydrogen-bond donors (Lipinski definition) is 4. The highest BCUT2D eigenvalue weighted by molar-refractivity contribution is 5.93. The van der Waals surface area contributed by atoms with E-state index in [0.29, 0.717) is 48.2 Å². The minimum Gasteiger partial charge on any atom is -0.496 e. The number of methoxy groups -OCH3 is 3. The van der Waals surface area contributed by atoms with E-state index >= 15 is 4.39 Å². The molecule has 4 N–H and O–H groups in total. The third-order valence-electron chi connectivity index (χ3n) is 13.3. The van der Waals surface area contributed by atoms with Gasteiger partial charge in [0.05, 0.1) is 74.0 Å². The van der Waals surface area contributed by atoms with E-state index in [-0.39, 0.29) is 35.7 Å². The van der Waals surface area contributed by atoms with Gasteiger partial charge in [0.2, 0.25) is 18.0 Å². The van der Waals surface area contributed by atoms with E-state index in [2.05, 4.69) is 32.7 Å². The number of likely N-dealkylation sites (tertiary alicyclic amines) is 2. The molecule has 4 amide bonds. The number of imidazole rings is 2. The van der Waals surface area contributed by atoms with Crippen LogP contribution in [0.2, 0.25) is 0 Å². The summed E-state index contributed by atoms with van der Waals surface area (Å²) >= 11 is 0. The number of H-pyrrole nitrogens is 2. The van der Waals surface area contributed by atoms with Gasteiger partial charge in [0.1, 0.15) is 41.0 Å². The molecule has 0 saturated carbocycles. The number of nitrogens with zero attached hydrogens (tertiary/aromatic N) is 5. The standard InChI is InChI=1S/C50H56FN9O8/c1-26(2)42(56-49(63)66-6)46(61)58-18-8-10-37(58)44-52-24-34(54-44)28-13-16-36-30(20-28)21-39-32-15-12-29(22-41(32)68-48(60(36)39)33-23-31(51)14-17-40(33)65-5)35-25-53-45(55-35)38-11-9-19-59(38)47(62)43(27(3)4)57-50(64)67-7/h12-17,20-27,37-38,42-43,48H,8-11,18-19H2,1-7H3,(H,52,54)(H,53,55)(H,56,63)(H,57,64)/t37-,38-,42-,43-,48?/m0/s1. The lowest BCUT2D eigenvalue weighted by atomic mass is 10.0. The molecule has 3 aromatic heterocycles. The van der Waals surface area contributed by atoms with Crippen LogP contribution in [0.15, 0.2) is 73.1 Å². The number of hydrogen-bond acceptors (Lipinski definition) is 10. The van der Waals surface area contributed by atoms with Gasteiger partial charge in [-0.1, -0.05) is 39.8 Å². The van der Waals surface area contributed by atoms with Crippen molar-refractivity contribution >= 4 is 34.9 Å². The van der Waals surface area contributed by atoms with Crippen LogP contribution >= 0.6 is 0 Å². The average molecular weight is 930 g/mol. The Morgan fingerprint density at radius 2 is 1.29 bits per heavy atom. The molecule has 3 aliphatic rings. The van der Waals surface area contributed by atoms with Gasteiger partial charge in [0, 0.05) is 35.2 Å². The minimum atomic E-state index is -0.822. The number of ether oxygens (including phenoxy) is 4. The van der Waals surface area contributed by atoms with Crippen molar-refractivity contribution in [3.63, 3.8) is 0 Å². The number of rotatable bonds is 12. The summed E-state index contributed by atoms with van der Waals surface area (Å²) in [6.07, 6.45) is 4.38. The van der Waals surface area contributed by atoms with Crippen LogP contribution in [0, 0.1) is 17.7 Å². The highest BCUT2D eigenvalue weighted by Crippen LogP contribution is 2.48. The monoisotopic (exact) mass is 929 g/mol. The third-order valence-corrected chi connectivity index (χ3v) is 13.3. The summed E-state index contributed by atoms with van der Waals surface area (Å²) in [4.78, 5) is 71.9. The molecule has 6 heterocycles. The number of fused-ring (bicyclic) bond motifs is 5. The molecule has 0 spiro atoms. The Hall–Kier alpha value is -7.37. The number of amides is 4. The van der Waals surface area contributed by atoms with Gasteiger partial charge in [-0.05, 0) is 86.1 Å². The summed E-state index contributed by atoms with van der Waals surface area (Å²) in [7, 11) is 4.09. The van der Waals surface area contributed by atoms with Crippen LogP contribution < -0.4 is 20.1 Å². The molecular formula is C50H56FN9O8. The summed E-state index contributed by atoms with van der Waals surface area (Å²) in [6, 6.07) is 16.3. The molecule has 2 saturated heterocycles. The number of carbonyl (C=O) groups excluding carboxylic acids is 4. The highest BCUT2D eigenvalue weighted by atomic mass is 19.1. The Morgan fingerprint density at radius 3 is 1.84 bits per heavy atom. The molecule has 6 aromatic rings. The lowest BCUT2D eigenvalue weighted by molar-refractivity contribution is -0.136. The van der Waals surface area contributed by atoms with E-state index in [4.69, 9.17) is 28.9 Å². The molecule has 68 heavy (non-hydrogen) atoms. The van der Waals surface area contributed by atoms with Gasteiger partial charge in [-0.25, -0.2) is 23.9 Å². The quantitative estimate of drug-likeness (QED) is 0.0927. The van der Waals surface area contributed by atoms with Crippen LogP contribution in [0.1, 0.15) is 88.9 Å². The Kier molecular flexibility index (Phi) is 12.6. The van der Waals surface area contributed by atoms with E-state index in [0.717, 1.165) is 63.9 Å². The summed E-state index contributed by atoms with van der Waals surface area (Å²) < 4.78 is 39.4. The fourth-order valence-electron chi connectivity index (χ4n) is 9.83. The van der Waals surface area contributed by atoms with E-state index in [1.807, 2.05) is 62.6 Å². The second kappa shape index (κ2) is 18.7.